The summed E-state index contributed by atoms with van der Waals surface area (Å²) in [6, 6.07) is 5.53. The maximum Gasteiger partial charge on any atom is 0.317 e. The van der Waals surface area contributed by atoms with E-state index in [1.54, 1.807) is 4.90 Å². The van der Waals surface area contributed by atoms with Gasteiger partial charge in [0.15, 0.2) is 9.84 Å². The van der Waals surface area contributed by atoms with E-state index in [2.05, 4.69) is 11.4 Å². The van der Waals surface area contributed by atoms with Gasteiger partial charge in [-0.15, -0.1) is 0 Å². The molecule has 0 aliphatic carbocycles. The van der Waals surface area contributed by atoms with E-state index in [1.807, 2.05) is 32.9 Å². The molecule has 1 fully saturated rings. The first-order chi connectivity index (χ1) is 11.3. The number of rotatable bonds is 6. The smallest absolute Gasteiger partial charge is 0.317 e. The van der Waals surface area contributed by atoms with Gasteiger partial charge in [0.05, 0.1) is 18.1 Å². The van der Waals surface area contributed by atoms with Crippen molar-refractivity contribution in [3.05, 3.63) is 29.3 Å². The van der Waals surface area contributed by atoms with E-state index in [-0.39, 0.29) is 23.6 Å². The fourth-order valence-corrected chi connectivity index (χ4v) is 4.76. The lowest BCUT2D eigenvalue weighted by Crippen LogP contribution is -2.47. The molecule has 1 aliphatic heterocycles. The monoisotopic (exact) mass is 354 g/mol. The second-order valence-corrected chi connectivity index (χ2v) is 8.48. The number of nitrogens with zero attached hydrogens (tertiary/aromatic N) is 1. The molecule has 1 aromatic rings. The third-order valence-electron chi connectivity index (χ3n) is 4.09. The Hall–Kier alpha value is -1.76. The summed E-state index contributed by atoms with van der Waals surface area (Å²) in [6.07, 6.45) is 0.517. The molecule has 1 N–H and O–H groups in total. The molecule has 1 aromatic carbocycles. The predicted molar refractivity (Wildman–Crippen MR) is 94.2 cm³/mol. The third-order valence-corrected chi connectivity index (χ3v) is 5.84. The first-order valence-corrected chi connectivity index (χ1v) is 10.1. The Morgan fingerprint density at radius 2 is 1.96 bits per heavy atom. The van der Waals surface area contributed by atoms with Crippen LogP contribution in [-0.2, 0) is 9.84 Å². The lowest BCUT2D eigenvalue weighted by atomic mass is 10.1. The van der Waals surface area contributed by atoms with Crippen molar-refractivity contribution in [2.45, 2.75) is 33.2 Å². The zero-order valence-electron chi connectivity index (χ0n) is 14.5. The zero-order chi connectivity index (χ0) is 17.7. The second kappa shape index (κ2) is 7.88. The molecule has 0 spiro atoms. The number of hydrogen-bond acceptors (Lipinski definition) is 4. The van der Waals surface area contributed by atoms with Gasteiger partial charge >= 0.3 is 6.03 Å². The Labute approximate surface area is 144 Å². The van der Waals surface area contributed by atoms with Crippen LogP contribution in [0, 0.1) is 13.8 Å². The molecule has 6 nitrogen and oxygen atoms in total. The molecule has 1 unspecified atom stereocenters. The number of aryl methyl sites for hydroxylation is 2. The average Bonchev–Trinajstić information content (AvgIpc) is 2.83. The van der Waals surface area contributed by atoms with Crippen molar-refractivity contribution in [3.63, 3.8) is 0 Å². The number of carbonyl (C=O) groups is 1. The normalized spacial score (nSPS) is 19.0. The molecule has 7 heteroatoms. The molecule has 1 saturated heterocycles. The fraction of sp³-hybridized carbons (Fsp3) is 0.588. The van der Waals surface area contributed by atoms with Crippen LogP contribution in [0.1, 0.15) is 24.5 Å². The predicted octanol–water partition coefficient (Wildman–Crippen LogP) is 1.90. The third kappa shape index (κ3) is 5.12. The maximum atomic E-state index is 12.3. The summed E-state index contributed by atoms with van der Waals surface area (Å²) in [4.78, 5) is 13.9. The van der Waals surface area contributed by atoms with Crippen LogP contribution in [0.3, 0.4) is 0 Å². The van der Waals surface area contributed by atoms with Crippen LogP contribution in [0.15, 0.2) is 18.2 Å². The van der Waals surface area contributed by atoms with Crippen molar-refractivity contribution >= 4 is 15.9 Å². The summed E-state index contributed by atoms with van der Waals surface area (Å²) in [5.41, 5.74) is 2.27. The molecule has 2 amide bonds. The van der Waals surface area contributed by atoms with Gasteiger partial charge in [-0.25, -0.2) is 13.2 Å². The molecule has 134 valence electrons. The largest absolute Gasteiger partial charge is 0.492 e. The van der Waals surface area contributed by atoms with Crippen LogP contribution in [-0.4, -0.2) is 56.6 Å². The summed E-state index contributed by atoms with van der Waals surface area (Å²) < 4.78 is 28.8. The number of carbonyl (C=O) groups excluding carboxylic acids is 1. The summed E-state index contributed by atoms with van der Waals surface area (Å²) >= 11 is 0. The van der Waals surface area contributed by atoms with Crippen LogP contribution in [0.5, 0.6) is 5.75 Å². The summed E-state index contributed by atoms with van der Waals surface area (Å²) in [5, 5.41) is 2.80. The van der Waals surface area contributed by atoms with Crippen LogP contribution in [0.25, 0.3) is 0 Å². The van der Waals surface area contributed by atoms with E-state index in [4.69, 9.17) is 4.74 Å². The van der Waals surface area contributed by atoms with Gasteiger partial charge in [0, 0.05) is 12.6 Å². The van der Waals surface area contributed by atoms with Gasteiger partial charge in [0.1, 0.15) is 12.4 Å². The number of amides is 2. The summed E-state index contributed by atoms with van der Waals surface area (Å²) in [5.74, 6) is 1.01. The van der Waals surface area contributed by atoms with E-state index in [0.29, 0.717) is 26.1 Å². The zero-order valence-corrected chi connectivity index (χ0v) is 15.4. The van der Waals surface area contributed by atoms with Crippen LogP contribution >= 0.6 is 0 Å². The summed E-state index contributed by atoms with van der Waals surface area (Å²) in [6.45, 7) is 7.12. The van der Waals surface area contributed by atoms with Gasteiger partial charge in [-0.05, 0) is 50.5 Å². The highest BCUT2D eigenvalue weighted by atomic mass is 32.2. The van der Waals surface area contributed by atoms with Gasteiger partial charge in [-0.2, -0.15) is 0 Å². The molecule has 1 atom stereocenters. The first-order valence-electron chi connectivity index (χ1n) is 8.26. The molecule has 0 bridgehead atoms. The number of sulfone groups is 1. The minimum atomic E-state index is -3.00. The van der Waals surface area contributed by atoms with Crippen molar-refractivity contribution in [2.24, 2.45) is 0 Å². The van der Waals surface area contributed by atoms with Crippen LogP contribution in [0.4, 0.5) is 4.79 Å². The van der Waals surface area contributed by atoms with E-state index in [0.717, 1.165) is 16.9 Å². The van der Waals surface area contributed by atoms with Gasteiger partial charge in [-0.3, -0.25) is 0 Å². The van der Waals surface area contributed by atoms with Crippen molar-refractivity contribution in [2.75, 3.05) is 31.2 Å². The van der Waals surface area contributed by atoms with E-state index < -0.39 is 9.84 Å². The molecule has 1 heterocycles. The number of ether oxygens (including phenoxy) is 1. The van der Waals surface area contributed by atoms with Gasteiger partial charge < -0.3 is 15.0 Å². The Balaban J connectivity index is 1.79. The molecular formula is C17H26N2O4S. The van der Waals surface area contributed by atoms with E-state index in [1.165, 1.54) is 0 Å². The fourth-order valence-electron chi connectivity index (χ4n) is 3.03. The average molecular weight is 354 g/mol. The van der Waals surface area contributed by atoms with Gasteiger partial charge in [0.2, 0.25) is 0 Å². The van der Waals surface area contributed by atoms with E-state index >= 15 is 0 Å². The first kappa shape index (κ1) is 18.6. The Bertz CT molecular complexity index is 668. The number of urea groups is 1. The van der Waals surface area contributed by atoms with Crippen molar-refractivity contribution in [1.82, 2.24) is 10.2 Å². The molecule has 0 saturated carbocycles. The minimum Gasteiger partial charge on any atom is -0.492 e. The van der Waals surface area contributed by atoms with E-state index in [9.17, 15) is 13.2 Å². The van der Waals surface area contributed by atoms with Crippen LogP contribution < -0.4 is 10.1 Å². The second-order valence-electron chi connectivity index (χ2n) is 6.25. The SMILES string of the molecule is CCN(C(=O)NCCOc1cc(C)cc(C)c1)C1CCS(=O)(=O)C1. The Morgan fingerprint density at radius 1 is 1.29 bits per heavy atom. The molecule has 1 aliphatic rings. The lowest BCUT2D eigenvalue weighted by molar-refractivity contribution is 0.181. The quantitative estimate of drug-likeness (QED) is 0.792. The Morgan fingerprint density at radius 3 is 2.50 bits per heavy atom. The molecule has 0 radical (unpaired) electrons. The molecule has 2 rings (SSSR count). The standard InChI is InChI=1S/C17H26N2O4S/c1-4-19(15-5-8-24(21,22)12-15)17(20)18-6-7-23-16-10-13(2)9-14(3)11-16/h9-11,15H,4-8,12H2,1-3H3,(H,18,20). The van der Waals surface area contributed by atoms with Crippen molar-refractivity contribution < 1.29 is 17.9 Å². The van der Waals surface area contributed by atoms with Gasteiger partial charge in [0.25, 0.3) is 0 Å². The van der Waals surface area contributed by atoms with Crippen molar-refractivity contribution in [1.29, 1.82) is 0 Å². The van der Waals surface area contributed by atoms with Crippen molar-refractivity contribution in [3.8, 4) is 5.75 Å². The number of nitrogens with one attached hydrogen (secondary N) is 1. The number of hydrogen-bond donors (Lipinski definition) is 1. The highest BCUT2D eigenvalue weighted by Crippen LogP contribution is 2.18. The highest BCUT2D eigenvalue weighted by Gasteiger charge is 2.33. The summed E-state index contributed by atoms with van der Waals surface area (Å²) in [7, 11) is -3.00. The number of benzene rings is 1. The maximum absolute atomic E-state index is 12.3. The molecule has 0 aromatic heterocycles. The van der Waals surface area contributed by atoms with Crippen LogP contribution in [0.2, 0.25) is 0 Å². The molecule has 24 heavy (non-hydrogen) atoms. The lowest BCUT2D eigenvalue weighted by Gasteiger charge is -2.27. The minimum absolute atomic E-state index is 0.0628. The Kier molecular flexibility index (Phi) is 6.10. The molecular weight excluding hydrogens is 328 g/mol. The topological polar surface area (TPSA) is 75.7 Å². The van der Waals surface area contributed by atoms with Gasteiger partial charge in [-0.1, -0.05) is 6.07 Å². The highest BCUT2D eigenvalue weighted by molar-refractivity contribution is 7.91.